The van der Waals surface area contributed by atoms with Gasteiger partial charge in [-0.1, -0.05) is 20.8 Å². The standard InChI is InChI=1S/C25H41F3O3/c1-15(21(29)14-31-4)18-7-8-19-17-6-5-16-13-24(30,25(26,27)28)12-11-22(16,2)20(17)9-10-23(18,19)3/h15-21,29-30H,5-14H2,1-4H3/t15-,16-,17+,18-,19+,20+,21-,22+,23-,24-/m1/s1. The molecule has 2 N–H and O–H groups in total. The molecule has 6 heteroatoms. The number of alkyl halides is 3. The Labute approximate surface area is 185 Å². The van der Waals surface area contributed by atoms with Crippen molar-refractivity contribution in [2.24, 2.45) is 46.3 Å². The van der Waals surface area contributed by atoms with Crippen molar-refractivity contribution in [3.05, 3.63) is 0 Å². The molecule has 10 atom stereocenters. The number of methoxy groups -OCH3 is 1. The summed E-state index contributed by atoms with van der Waals surface area (Å²) in [6.07, 6.45) is 1.46. The maximum Gasteiger partial charge on any atom is 0.417 e. The summed E-state index contributed by atoms with van der Waals surface area (Å²) in [7, 11) is 1.63. The van der Waals surface area contributed by atoms with Gasteiger partial charge in [0.05, 0.1) is 12.7 Å². The summed E-state index contributed by atoms with van der Waals surface area (Å²) in [5.74, 6) is 2.23. The molecule has 3 nitrogen and oxygen atoms in total. The summed E-state index contributed by atoms with van der Waals surface area (Å²) in [6.45, 7) is 7.17. The smallest absolute Gasteiger partial charge is 0.390 e. The molecule has 0 aromatic rings. The third-order valence-electron chi connectivity index (χ3n) is 10.9. The molecule has 4 saturated carbocycles. The second-order valence-electron chi connectivity index (χ2n) is 12.0. The highest BCUT2D eigenvalue weighted by molar-refractivity contribution is 5.12. The Hall–Kier alpha value is -0.330. The van der Waals surface area contributed by atoms with Crippen molar-refractivity contribution in [1.82, 2.24) is 0 Å². The number of aliphatic hydroxyl groups is 2. The van der Waals surface area contributed by atoms with Crippen molar-refractivity contribution < 1.29 is 28.1 Å². The maximum atomic E-state index is 13.5. The first kappa shape index (κ1) is 23.8. The van der Waals surface area contributed by atoms with Gasteiger partial charge in [0, 0.05) is 7.11 Å². The largest absolute Gasteiger partial charge is 0.417 e. The fraction of sp³-hybridized carbons (Fsp3) is 1.00. The molecule has 0 aromatic heterocycles. The van der Waals surface area contributed by atoms with Crippen molar-refractivity contribution in [3.63, 3.8) is 0 Å². The summed E-state index contributed by atoms with van der Waals surface area (Å²) < 4.78 is 45.8. The highest BCUT2D eigenvalue weighted by Crippen LogP contribution is 2.69. The molecule has 0 saturated heterocycles. The van der Waals surface area contributed by atoms with Gasteiger partial charge >= 0.3 is 6.18 Å². The van der Waals surface area contributed by atoms with E-state index in [-0.39, 0.29) is 35.5 Å². The lowest BCUT2D eigenvalue weighted by Crippen LogP contribution is -2.59. The van der Waals surface area contributed by atoms with Crippen molar-refractivity contribution in [1.29, 1.82) is 0 Å². The van der Waals surface area contributed by atoms with Gasteiger partial charge < -0.3 is 14.9 Å². The molecule has 0 spiro atoms. The van der Waals surface area contributed by atoms with E-state index in [4.69, 9.17) is 4.74 Å². The normalized spacial score (nSPS) is 49.6. The van der Waals surface area contributed by atoms with Gasteiger partial charge in [-0.25, -0.2) is 0 Å². The van der Waals surface area contributed by atoms with E-state index < -0.39 is 17.9 Å². The third-order valence-corrected chi connectivity index (χ3v) is 10.9. The number of ether oxygens (including phenoxy) is 1. The minimum Gasteiger partial charge on any atom is -0.390 e. The number of fused-ring (bicyclic) bond motifs is 5. The maximum absolute atomic E-state index is 13.5. The van der Waals surface area contributed by atoms with E-state index in [1.165, 1.54) is 6.42 Å². The zero-order valence-corrected chi connectivity index (χ0v) is 19.5. The van der Waals surface area contributed by atoms with Crippen LogP contribution in [0.15, 0.2) is 0 Å². The lowest BCUT2D eigenvalue weighted by atomic mass is 9.43. The van der Waals surface area contributed by atoms with Crippen LogP contribution in [0.1, 0.15) is 78.6 Å². The van der Waals surface area contributed by atoms with E-state index in [1.54, 1.807) is 7.11 Å². The summed E-state index contributed by atoms with van der Waals surface area (Å²) in [5.41, 5.74) is -2.40. The van der Waals surface area contributed by atoms with Gasteiger partial charge in [0.1, 0.15) is 0 Å². The highest BCUT2D eigenvalue weighted by Gasteiger charge is 2.65. The summed E-state index contributed by atoms with van der Waals surface area (Å²) >= 11 is 0. The van der Waals surface area contributed by atoms with E-state index in [0.717, 1.165) is 32.1 Å². The molecule has 0 amide bonds. The third kappa shape index (κ3) is 3.58. The van der Waals surface area contributed by atoms with Crippen LogP contribution in [0.4, 0.5) is 13.2 Å². The van der Waals surface area contributed by atoms with Crippen molar-refractivity contribution in [2.75, 3.05) is 13.7 Å². The molecular formula is C25H41F3O3. The topological polar surface area (TPSA) is 49.7 Å². The fourth-order valence-corrected chi connectivity index (χ4v) is 9.00. The predicted molar refractivity (Wildman–Crippen MR) is 113 cm³/mol. The van der Waals surface area contributed by atoms with E-state index in [2.05, 4.69) is 20.8 Å². The lowest BCUT2D eigenvalue weighted by molar-refractivity contribution is -0.290. The van der Waals surface area contributed by atoms with Crippen LogP contribution in [-0.4, -0.2) is 41.8 Å². The van der Waals surface area contributed by atoms with Gasteiger partial charge in [0.2, 0.25) is 0 Å². The number of hydrogen-bond donors (Lipinski definition) is 2. The van der Waals surface area contributed by atoms with Crippen LogP contribution in [0, 0.1) is 46.3 Å². The quantitative estimate of drug-likeness (QED) is 0.593. The van der Waals surface area contributed by atoms with Crippen LogP contribution in [0.25, 0.3) is 0 Å². The zero-order chi connectivity index (χ0) is 22.8. The molecule has 0 unspecified atom stereocenters. The average Bonchev–Trinajstić information content (AvgIpc) is 3.04. The average molecular weight is 447 g/mol. The number of halogens is 3. The zero-order valence-electron chi connectivity index (χ0n) is 19.5. The van der Waals surface area contributed by atoms with Crippen LogP contribution in [-0.2, 0) is 4.74 Å². The molecule has 4 fully saturated rings. The molecule has 4 aliphatic rings. The number of rotatable bonds is 4. The second-order valence-corrected chi connectivity index (χ2v) is 12.0. The Balaban J connectivity index is 1.53. The van der Waals surface area contributed by atoms with Gasteiger partial charge in [-0.15, -0.1) is 0 Å². The monoisotopic (exact) mass is 446 g/mol. The Bertz CT molecular complexity index is 669. The molecule has 0 heterocycles. The molecule has 4 aliphatic carbocycles. The predicted octanol–water partition coefficient (Wildman–Crippen LogP) is 5.58. The van der Waals surface area contributed by atoms with Gasteiger partial charge in [-0.2, -0.15) is 13.2 Å². The fourth-order valence-electron chi connectivity index (χ4n) is 9.00. The Morgan fingerprint density at radius 2 is 1.65 bits per heavy atom. The molecule has 4 rings (SSSR count). The van der Waals surface area contributed by atoms with Crippen LogP contribution >= 0.6 is 0 Å². The van der Waals surface area contributed by atoms with E-state index >= 15 is 0 Å². The first-order chi connectivity index (χ1) is 14.4. The van der Waals surface area contributed by atoms with Crippen LogP contribution < -0.4 is 0 Å². The van der Waals surface area contributed by atoms with Crippen LogP contribution in [0.5, 0.6) is 0 Å². The van der Waals surface area contributed by atoms with Crippen molar-refractivity contribution in [2.45, 2.75) is 96.4 Å². The van der Waals surface area contributed by atoms with Crippen LogP contribution in [0.2, 0.25) is 0 Å². The minimum atomic E-state index is -4.53. The summed E-state index contributed by atoms with van der Waals surface area (Å²) in [6, 6.07) is 0. The van der Waals surface area contributed by atoms with Gasteiger partial charge in [-0.3, -0.25) is 0 Å². The molecule has 0 bridgehead atoms. The molecule has 0 aliphatic heterocycles. The summed E-state index contributed by atoms with van der Waals surface area (Å²) in [5, 5.41) is 21.0. The van der Waals surface area contributed by atoms with Gasteiger partial charge in [-0.05, 0) is 104 Å². The Morgan fingerprint density at radius 3 is 2.29 bits per heavy atom. The Morgan fingerprint density at radius 1 is 0.968 bits per heavy atom. The van der Waals surface area contributed by atoms with E-state index in [1.807, 2.05) is 0 Å². The second kappa shape index (κ2) is 7.87. The molecule has 0 radical (unpaired) electrons. The molecular weight excluding hydrogens is 405 g/mol. The SMILES string of the molecule is COC[C@@H](O)[C@H](C)[C@H]1CC[C@H]2[C@@H]3CC[C@@H]4C[C@@](O)(C(F)(F)F)CC[C@]4(C)[C@H]3CC[C@]12C. The van der Waals surface area contributed by atoms with Gasteiger partial charge in [0.25, 0.3) is 0 Å². The van der Waals surface area contributed by atoms with Gasteiger partial charge in [0.15, 0.2) is 5.60 Å². The highest BCUT2D eigenvalue weighted by atomic mass is 19.4. The molecule has 31 heavy (non-hydrogen) atoms. The molecule has 0 aromatic carbocycles. The lowest BCUT2D eigenvalue weighted by Gasteiger charge is -2.62. The van der Waals surface area contributed by atoms with E-state index in [9.17, 15) is 23.4 Å². The first-order valence-electron chi connectivity index (χ1n) is 12.3. The van der Waals surface area contributed by atoms with E-state index in [0.29, 0.717) is 36.7 Å². The minimum absolute atomic E-state index is 0.0434. The Kier molecular flexibility index (Phi) is 6.05. The molecule has 180 valence electrons. The summed E-state index contributed by atoms with van der Waals surface area (Å²) in [4.78, 5) is 0. The number of aliphatic hydroxyl groups excluding tert-OH is 1. The number of hydrogen-bond acceptors (Lipinski definition) is 3. The first-order valence-corrected chi connectivity index (χ1v) is 12.3. The van der Waals surface area contributed by atoms with Crippen molar-refractivity contribution in [3.8, 4) is 0 Å². The van der Waals surface area contributed by atoms with Crippen molar-refractivity contribution >= 4 is 0 Å². The van der Waals surface area contributed by atoms with Crippen LogP contribution in [0.3, 0.4) is 0 Å².